The van der Waals surface area contributed by atoms with Crippen molar-refractivity contribution in [3.8, 4) is 5.75 Å². The van der Waals surface area contributed by atoms with Gasteiger partial charge in [-0.3, -0.25) is 4.90 Å². The third-order valence-corrected chi connectivity index (χ3v) is 6.71. The fourth-order valence-electron chi connectivity index (χ4n) is 3.76. The van der Waals surface area contributed by atoms with Gasteiger partial charge in [0.05, 0.1) is 30.0 Å². The first-order valence-corrected chi connectivity index (χ1v) is 11.0. The summed E-state index contributed by atoms with van der Waals surface area (Å²) in [6.45, 7) is 3.30. The van der Waals surface area contributed by atoms with Crippen molar-refractivity contribution in [1.82, 2.24) is 4.90 Å². The molecule has 156 valence electrons. The van der Waals surface area contributed by atoms with Gasteiger partial charge in [0.1, 0.15) is 11.6 Å². The maximum absolute atomic E-state index is 13.6. The van der Waals surface area contributed by atoms with Crippen LogP contribution in [0.3, 0.4) is 0 Å². The molecule has 3 aromatic carbocycles. The summed E-state index contributed by atoms with van der Waals surface area (Å²) < 4.78 is 25.4. The summed E-state index contributed by atoms with van der Waals surface area (Å²) in [6.07, 6.45) is -0.0113. The average Bonchev–Trinajstić information content (AvgIpc) is 2.79. The van der Waals surface area contributed by atoms with Crippen LogP contribution >= 0.6 is 11.8 Å². The number of para-hydroxylation sites is 1. The zero-order valence-corrected chi connectivity index (χ0v) is 17.9. The number of nitrogens with zero attached hydrogens (tertiary/aromatic N) is 1. The van der Waals surface area contributed by atoms with Gasteiger partial charge in [0, 0.05) is 19.6 Å². The van der Waals surface area contributed by atoms with Gasteiger partial charge < -0.3 is 9.47 Å². The Labute approximate surface area is 181 Å². The van der Waals surface area contributed by atoms with E-state index in [9.17, 15) is 4.39 Å². The molecule has 2 atom stereocenters. The van der Waals surface area contributed by atoms with E-state index in [0.717, 1.165) is 35.8 Å². The fraction of sp³-hybridized carbons (Fsp3) is 0.280. The molecule has 0 radical (unpaired) electrons. The van der Waals surface area contributed by atoms with Crippen molar-refractivity contribution in [3.05, 3.63) is 95.8 Å². The van der Waals surface area contributed by atoms with Gasteiger partial charge in [-0.2, -0.15) is 0 Å². The first-order valence-electron chi connectivity index (χ1n) is 10.2. The molecule has 4 rings (SSSR count). The molecule has 1 fully saturated rings. The monoisotopic (exact) mass is 423 g/mol. The van der Waals surface area contributed by atoms with E-state index in [1.54, 1.807) is 18.9 Å². The van der Waals surface area contributed by atoms with Gasteiger partial charge >= 0.3 is 0 Å². The van der Waals surface area contributed by atoms with Crippen molar-refractivity contribution >= 4 is 11.8 Å². The molecule has 1 aliphatic heterocycles. The Morgan fingerprint density at radius 3 is 2.53 bits per heavy atom. The number of morpholine rings is 1. The summed E-state index contributed by atoms with van der Waals surface area (Å²) in [7, 11) is 1.69. The maximum atomic E-state index is 13.6. The Bertz CT molecular complexity index is 935. The third-order valence-electron chi connectivity index (χ3n) is 5.29. The van der Waals surface area contributed by atoms with E-state index in [-0.39, 0.29) is 17.2 Å². The molecule has 0 aliphatic carbocycles. The van der Waals surface area contributed by atoms with Crippen LogP contribution in [-0.2, 0) is 11.3 Å². The Morgan fingerprint density at radius 2 is 1.77 bits per heavy atom. The molecule has 0 saturated carbocycles. The van der Waals surface area contributed by atoms with E-state index in [1.807, 2.05) is 36.4 Å². The van der Waals surface area contributed by atoms with Gasteiger partial charge in [-0.05, 0) is 35.4 Å². The number of hydrogen-bond acceptors (Lipinski definition) is 4. The zero-order chi connectivity index (χ0) is 20.8. The van der Waals surface area contributed by atoms with E-state index in [1.165, 1.54) is 17.7 Å². The van der Waals surface area contributed by atoms with E-state index in [4.69, 9.17) is 9.47 Å². The summed E-state index contributed by atoms with van der Waals surface area (Å²) in [5, 5.41) is 0.0282. The molecule has 0 N–H and O–H groups in total. The number of ether oxygens (including phenoxy) is 2. The molecule has 0 aromatic heterocycles. The molecule has 0 unspecified atom stereocenters. The second-order valence-electron chi connectivity index (χ2n) is 7.37. The number of benzene rings is 3. The van der Waals surface area contributed by atoms with Crippen LogP contribution in [0.25, 0.3) is 0 Å². The van der Waals surface area contributed by atoms with Crippen LogP contribution in [0.15, 0.2) is 83.8 Å². The predicted octanol–water partition coefficient (Wildman–Crippen LogP) is 5.57. The highest BCUT2D eigenvalue weighted by Gasteiger charge is 2.31. The molecule has 1 aliphatic rings. The molecule has 1 heterocycles. The lowest BCUT2D eigenvalue weighted by molar-refractivity contribution is -0.0320. The Balaban J connectivity index is 1.57. The van der Waals surface area contributed by atoms with Crippen LogP contribution < -0.4 is 4.74 Å². The summed E-state index contributed by atoms with van der Waals surface area (Å²) >= 11 is 1.71. The van der Waals surface area contributed by atoms with Crippen LogP contribution in [0, 0.1) is 5.82 Å². The predicted molar refractivity (Wildman–Crippen MR) is 119 cm³/mol. The van der Waals surface area contributed by atoms with E-state index >= 15 is 0 Å². The molecule has 0 bridgehead atoms. The molecule has 0 spiro atoms. The molecule has 0 amide bonds. The lowest BCUT2D eigenvalue weighted by Gasteiger charge is -2.37. The second kappa shape index (κ2) is 10.1. The Morgan fingerprint density at radius 1 is 1.03 bits per heavy atom. The van der Waals surface area contributed by atoms with Crippen molar-refractivity contribution in [1.29, 1.82) is 0 Å². The van der Waals surface area contributed by atoms with Crippen molar-refractivity contribution < 1.29 is 13.9 Å². The van der Waals surface area contributed by atoms with Gasteiger partial charge in [-0.25, -0.2) is 4.39 Å². The smallest absolute Gasteiger partial charge is 0.132 e. The van der Waals surface area contributed by atoms with Crippen molar-refractivity contribution in [2.24, 2.45) is 0 Å². The quantitative estimate of drug-likeness (QED) is 0.463. The highest BCUT2D eigenvalue weighted by atomic mass is 32.2. The van der Waals surface area contributed by atoms with Crippen molar-refractivity contribution in [2.45, 2.75) is 22.8 Å². The summed E-state index contributed by atoms with van der Waals surface area (Å²) in [6, 6.07) is 25.3. The van der Waals surface area contributed by atoms with Crippen LogP contribution in [0.1, 0.15) is 16.4 Å². The third kappa shape index (κ3) is 5.22. The summed E-state index contributed by atoms with van der Waals surface area (Å²) in [5.41, 5.74) is 2.35. The summed E-state index contributed by atoms with van der Waals surface area (Å²) in [4.78, 5) is 3.49. The Kier molecular flexibility index (Phi) is 7.05. The standard InChI is InChI=1S/C25H26FNO2S/c1-28-22-9-5-6-10-24(22)30-25(20-11-13-21(26)14-12-20)23-18-27(15-16-29-23)17-19-7-3-2-4-8-19/h2-14,23,25H,15-18H2,1H3/t23-,25-/m0/s1. The zero-order valence-electron chi connectivity index (χ0n) is 17.0. The van der Waals surface area contributed by atoms with E-state index in [2.05, 4.69) is 35.2 Å². The topological polar surface area (TPSA) is 21.7 Å². The van der Waals surface area contributed by atoms with Gasteiger partial charge in [0.25, 0.3) is 0 Å². The van der Waals surface area contributed by atoms with Crippen LogP contribution in [-0.4, -0.2) is 37.8 Å². The van der Waals surface area contributed by atoms with Gasteiger partial charge in [0.15, 0.2) is 0 Å². The number of halogens is 1. The van der Waals surface area contributed by atoms with Crippen LogP contribution in [0.5, 0.6) is 5.75 Å². The van der Waals surface area contributed by atoms with Crippen LogP contribution in [0.4, 0.5) is 4.39 Å². The lowest BCUT2D eigenvalue weighted by Crippen LogP contribution is -2.44. The first kappa shape index (κ1) is 20.9. The van der Waals surface area contributed by atoms with Crippen LogP contribution in [0.2, 0.25) is 0 Å². The number of thioether (sulfide) groups is 1. The molecule has 30 heavy (non-hydrogen) atoms. The van der Waals surface area contributed by atoms with Crippen molar-refractivity contribution in [3.63, 3.8) is 0 Å². The SMILES string of the molecule is COc1ccccc1S[C@@H](c1ccc(F)cc1)[C@@H]1CN(Cc2ccccc2)CCO1. The normalized spacial score (nSPS) is 18.1. The average molecular weight is 424 g/mol. The fourth-order valence-corrected chi connectivity index (χ4v) is 5.07. The molecule has 5 heteroatoms. The molecule has 3 nitrogen and oxygen atoms in total. The minimum atomic E-state index is -0.227. The molecular weight excluding hydrogens is 397 g/mol. The number of rotatable bonds is 7. The summed E-state index contributed by atoms with van der Waals surface area (Å²) in [5.74, 6) is 0.613. The Hall–Kier alpha value is -2.34. The maximum Gasteiger partial charge on any atom is 0.132 e. The molecule has 1 saturated heterocycles. The molecular formula is C25H26FNO2S. The number of methoxy groups -OCH3 is 1. The minimum Gasteiger partial charge on any atom is -0.496 e. The van der Waals surface area contributed by atoms with Gasteiger partial charge in [-0.1, -0.05) is 54.6 Å². The highest BCUT2D eigenvalue weighted by Crippen LogP contribution is 2.43. The molecule has 3 aromatic rings. The van der Waals surface area contributed by atoms with Gasteiger partial charge in [-0.15, -0.1) is 11.8 Å². The highest BCUT2D eigenvalue weighted by molar-refractivity contribution is 7.99. The largest absolute Gasteiger partial charge is 0.496 e. The van der Waals surface area contributed by atoms with Crippen molar-refractivity contribution in [2.75, 3.05) is 26.8 Å². The number of hydrogen-bond donors (Lipinski definition) is 0. The lowest BCUT2D eigenvalue weighted by atomic mass is 10.1. The van der Waals surface area contributed by atoms with Gasteiger partial charge in [0.2, 0.25) is 0 Å². The van der Waals surface area contributed by atoms with E-state index < -0.39 is 0 Å². The second-order valence-corrected chi connectivity index (χ2v) is 8.55. The van der Waals surface area contributed by atoms with E-state index in [0.29, 0.717) is 6.61 Å². The first-order chi connectivity index (χ1) is 14.7. The minimum absolute atomic E-state index is 0.0113.